The maximum atomic E-state index is 14.0. The minimum Gasteiger partial charge on any atom is -0.488 e. The first-order valence-electron chi connectivity index (χ1n) is 21.6. The molecule has 8 rings (SSSR count). The minimum absolute atomic E-state index is 0.0190. The zero-order valence-corrected chi connectivity index (χ0v) is 35.9. The Labute approximate surface area is 355 Å². The third kappa shape index (κ3) is 7.63. The maximum absolute atomic E-state index is 14.0. The van der Waals surface area contributed by atoms with Crippen LogP contribution in [0.15, 0.2) is 48.7 Å². The molecule has 5 heterocycles. The lowest BCUT2D eigenvalue weighted by molar-refractivity contribution is -0.138. The summed E-state index contributed by atoms with van der Waals surface area (Å²) < 4.78 is 11.3. The predicted molar refractivity (Wildman–Crippen MR) is 231 cm³/mol. The van der Waals surface area contributed by atoms with Crippen molar-refractivity contribution in [3.63, 3.8) is 0 Å². The standard InChI is InChI=1S/C46H56N8O7/c1-8-23(3)38(51-45(57)58)43(55)54-26(6)11-17-36(54)42-48-33-15-13-27-19-32-30-14-12-28(18-29(30)22-61-37(32)20-31(27)40(33)50-42)34-21-47-41(49-34)35-16-10-25(5)53(35)44(56)39(24(4)9-2)52-46(59)60-7/h12-15,18-21,23-26,35-36,38-39,51H,8-11,16-17,22H2,1-7H3,(H,47,49)(H,48,50)(H,52,59)(H,57,58)/t23?,24?,25-,26-,35-,36-,38?,39?/m0/s1. The Hall–Kier alpha value is -6.12. The molecule has 8 atom stereocenters. The number of imidazole rings is 2. The first-order valence-corrected chi connectivity index (χ1v) is 21.6. The summed E-state index contributed by atoms with van der Waals surface area (Å²) in [6.45, 7) is 12.2. The molecule has 0 spiro atoms. The van der Waals surface area contributed by atoms with E-state index in [9.17, 15) is 24.3 Å². The predicted octanol–water partition coefficient (Wildman–Crippen LogP) is 8.22. The molecule has 0 radical (unpaired) electrons. The van der Waals surface area contributed by atoms with E-state index in [-0.39, 0.29) is 47.8 Å². The van der Waals surface area contributed by atoms with Crippen LogP contribution in [-0.2, 0) is 20.9 Å². The number of benzene rings is 3. The number of carboxylic acid groups (broad SMARTS) is 1. The van der Waals surface area contributed by atoms with Crippen LogP contribution >= 0.6 is 0 Å². The molecule has 0 aliphatic carbocycles. The molecule has 2 saturated heterocycles. The fourth-order valence-corrected chi connectivity index (χ4v) is 9.54. The number of rotatable bonds is 11. The van der Waals surface area contributed by atoms with Gasteiger partial charge < -0.3 is 45.0 Å². The Morgan fingerprint density at radius 2 is 1.51 bits per heavy atom. The summed E-state index contributed by atoms with van der Waals surface area (Å²) in [5.74, 6) is 1.54. The highest BCUT2D eigenvalue weighted by molar-refractivity contribution is 6.07. The second-order valence-corrected chi connectivity index (χ2v) is 17.2. The number of fused-ring (bicyclic) bond motifs is 6. The number of likely N-dealkylation sites (tertiary alicyclic amines) is 2. The lowest BCUT2D eigenvalue weighted by Gasteiger charge is -2.33. The summed E-state index contributed by atoms with van der Waals surface area (Å²) in [6.07, 6.45) is 4.43. The van der Waals surface area contributed by atoms with Gasteiger partial charge in [0, 0.05) is 23.0 Å². The Morgan fingerprint density at radius 3 is 2.15 bits per heavy atom. The van der Waals surface area contributed by atoms with E-state index in [0.717, 1.165) is 87.6 Å². The molecule has 2 aromatic heterocycles. The summed E-state index contributed by atoms with van der Waals surface area (Å²) >= 11 is 0. The summed E-state index contributed by atoms with van der Waals surface area (Å²) in [7, 11) is 1.30. The molecule has 15 nitrogen and oxygen atoms in total. The fraction of sp³-hybridized carbons (Fsp3) is 0.478. The van der Waals surface area contributed by atoms with Crippen molar-refractivity contribution in [2.75, 3.05) is 7.11 Å². The van der Waals surface area contributed by atoms with Gasteiger partial charge in [-0.3, -0.25) is 9.59 Å². The maximum Gasteiger partial charge on any atom is 0.407 e. The molecule has 4 amide bonds. The van der Waals surface area contributed by atoms with Crippen LogP contribution in [0.2, 0.25) is 0 Å². The number of aromatic nitrogens is 4. The third-order valence-electron chi connectivity index (χ3n) is 13.4. The zero-order valence-electron chi connectivity index (χ0n) is 35.9. The van der Waals surface area contributed by atoms with Gasteiger partial charge in [-0.25, -0.2) is 19.6 Å². The van der Waals surface area contributed by atoms with E-state index < -0.39 is 24.3 Å². The number of hydrogen-bond donors (Lipinski definition) is 5. The Bertz CT molecular complexity index is 2500. The van der Waals surface area contributed by atoms with E-state index in [0.29, 0.717) is 24.7 Å². The van der Waals surface area contributed by atoms with E-state index >= 15 is 0 Å². The largest absolute Gasteiger partial charge is 0.488 e. The Morgan fingerprint density at radius 1 is 0.852 bits per heavy atom. The molecule has 322 valence electrons. The summed E-state index contributed by atoms with van der Waals surface area (Å²) in [4.78, 5) is 72.4. The van der Waals surface area contributed by atoms with Gasteiger partial charge in [0.2, 0.25) is 11.8 Å². The Kier molecular flexibility index (Phi) is 11.4. The van der Waals surface area contributed by atoms with Crippen LogP contribution in [-0.4, -0.2) is 90.1 Å². The van der Waals surface area contributed by atoms with E-state index in [4.69, 9.17) is 19.4 Å². The van der Waals surface area contributed by atoms with Crippen molar-refractivity contribution in [2.24, 2.45) is 11.8 Å². The van der Waals surface area contributed by atoms with Crippen molar-refractivity contribution in [2.45, 2.75) is 123 Å². The second kappa shape index (κ2) is 16.7. The number of carbonyl (C=O) groups is 4. The molecule has 0 bridgehead atoms. The monoisotopic (exact) mass is 832 g/mol. The van der Waals surface area contributed by atoms with Crippen molar-refractivity contribution in [3.8, 4) is 28.1 Å². The van der Waals surface area contributed by atoms with Gasteiger partial charge in [-0.1, -0.05) is 58.7 Å². The minimum atomic E-state index is -1.21. The Balaban J connectivity index is 1.05. The number of aromatic amines is 2. The molecule has 5 N–H and O–H groups in total. The highest BCUT2D eigenvalue weighted by Gasteiger charge is 2.43. The van der Waals surface area contributed by atoms with Crippen molar-refractivity contribution < 1.29 is 33.8 Å². The van der Waals surface area contributed by atoms with E-state index in [1.54, 1.807) is 0 Å². The van der Waals surface area contributed by atoms with Gasteiger partial charge in [-0.15, -0.1) is 0 Å². The number of H-pyrrole nitrogens is 2. The number of nitrogens with one attached hydrogen (secondary N) is 4. The zero-order chi connectivity index (χ0) is 43.3. The number of hydrogen-bond acceptors (Lipinski definition) is 8. The van der Waals surface area contributed by atoms with Crippen LogP contribution in [0.1, 0.15) is 109 Å². The van der Waals surface area contributed by atoms with Gasteiger partial charge in [0.1, 0.15) is 36.1 Å². The van der Waals surface area contributed by atoms with Crippen LogP contribution in [0.4, 0.5) is 9.59 Å². The fourth-order valence-electron chi connectivity index (χ4n) is 9.54. The van der Waals surface area contributed by atoms with Gasteiger partial charge in [0.05, 0.1) is 42.1 Å². The lowest BCUT2D eigenvalue weighted by atomic mass is 9.92. The van der Waals surface area contributed by atoms with Gasteiger partial charge in [0.15, 0.2) is 0 Å². The quantitative estimate of drug-likeness (QED) is 0.0872. The van der Waals surface area contributed by atoms with Crippen LogP contribution in [0.3, 0.4) is 0 Å². The van der Waals surface area contributed by atoms with Crippen LogP contribution in [0.5, 0.6) is 5.75 Å². The summed E-state index contributed by atoms with van der Waals surface area (Å²) in [5.41, 5.74) is 6.52. The molecular formula is C46H56N8O7. The summed E-state index contributed by atoms with van der Waals surface area (Å²) in [6, 6.07) is 12.4. The first kappa shape index (κ1) is 41.6. The number of alkyl carbamates (subject to hydrolysis) is 1. The first-order chi connectivity index (χ1) is 29.3. The van der Waals surface area contributed by atoms with Gasteiger partial charge >= 0.3 is 12.2 Å². The smallest absolute Gasteiger partial charge is 0.407 e. The van der Waals surface area contributed by atoms with Gasteiger partial charge in [0.25, 0.3) is 0 Å². The lowest BCUT2D eigenvalue weighted by Crippen LogP contribution is -2.53. The average Bonchev–Trinajstić information content (AvgIpc) is 4.08. The van der Waals surface area contributed by atoms with E-state index in [1.807, 2.05) is 69.7 Å². The summed E-state index contributed by atoms with van der Waals surface area (Å²) in [5, 5.41) is 16.7. The highest BCUT2D eigenvalue weighted by Crippen LogP contribution is 2.44. The van der Waals surface area contributed by atoms with E-state index in [1.165, 1.54) is 7.11 Å². The van der Waals surface area contributed by atoms with Crippen molar-refractivity contribution in [3.05, 3.63) is 65.9 Å². The third-order valence-corrected chi connectivity index (χ3v) is 13.4. The molecule has 3 aromatic carbocycles. The SMILES string of the molecule is CCC(C)C(NC(=O)OC)C(=O)N1[C@@H](C)CC[C@H]1c1ncc(-c2ccc3c(c2)COc2cc4c(ccc5[nH]c([C@@H]6CC[C@H](C)N6C(=O)C(NC(=O)O)C(C)CC)nc54)cc2-3)[nH]1. The van der Waals surface area contributed by atoms with Crippen molar-refractivity contribution in [1.82, 2.24) is 40.4 Å². The average molecular weight is 833 g/mol. The number of ether oxygens (including phenoxy) is 2. The molecule has 3 aliphatic rings. The number of carbonyl (C=O) groups excluding carboxylic acids is 3. The molecular weight excluding hydrogens is 777 g/mol. The van der Waals surface area contributed by atoms with Crippen molar-refractivity contribution >= 4 is 45.8 Å². The molecule has 2 fully saturated rings. The van der Waals surface area contributed by atoms with E-state index in [2.05, 4.69) is 50.9 Å². The van der Waals surface area contributed by atoms with Crippen molar-refractivity contribution in [1.29, 1.82) is 0 Å². The number of methoxy groups -OCH3 is 1. The normalized spacial score (nSPS) is 21.6. The molecule has 5 aromatic rings. The van der Waals surface area contributed by atoms with Crippen LogP contribution < -0.4 is 15.4 Å². The number of amides is 4. The second-order valence-electron chi connectivity index (χ2n) is 17.2. The topological polar surface area (TPSA) is 195 Å². The molecule has 0 saturated carbocycles. The van der Waals surface area contributed by atoms with Crippen LogP contribution in [0, 0.1) is 11.8 Å². The molecule has 61 heavy (non-hydrogen) atoms. The van der Waals surface area contributed by atoms with Crippen LogP contribution in [0.25, 0.3) is 44.2 Å². The molecule has 3 aliphatic heterocycles. The highest BCUT2D eigenvalue weighted by atomic mass is 16.5. The van der Waals surface area contributed by atoms with Gasteiger partial charge in [-0.2, -0.15) is 0 Å². The van der Waals surface area contributed by atoms with Gasteiger partial charge in [-0.05, 0) is 97.7 Å². The molecule has 4 unspecified atom stereocenters. The number of nitrogens with zero attached hydrogens (tertiary/aromatic N) is 4. The molecule has 15 heteroatoms.